The fourth-order valence-electron chi connectivity index (χ4n) is 3.63. The van der Waals surface area contributed by atoms with Crippen molar-refractivity contribution in [1.82, 2.24) is 9.97 Å². The van der Waals surface area contributed by atoms with E-state index >= 15 is 0 Å². The minimum Gasteiger partial charge on any atom is -0.256 e. The van der Waals surface area contributed by atoms with Crippen LogP contribution in [0.25, 0.3) is 43.4 Å². The minimum atomic E-state index is 0. The van der Waals surface area contributed by atoms with Crippen molar-refractivity contribution in [2.75, 3.05) is 0 Å². The topological polar surface area (TPSA) is 25.8 Å². The van der Waals surface area contributed by atoms with Crippen LogP contribution in [-0.4, -0.2) is 20.1 Å². The van der Waals surface area contributed by atoms with E-state index in [1.165, 1.54) is 32.3 Å². The first kappa shape index (κ1) is 18.7. The van der Waals surface area contributed by atoms with Crippen LogP contribution >= 0.6 is 0 Å². The van der Waals surface area contributed by atoms with Gasteiger partial charge < -0.3 is 0 Å². The molecule has 6 aromatic rings. The number of hydrogen-bond donors (Lipinski definition) is 0. The molecule has 0 aliphatic carbocycles. The normalized spacial score (nSPS) is 10.5. The van der Waals surface area contributed by atoms with E-state index in [2.05, 4.69) is 94.9 Å². The molecule has 0 amide bonds. The fourth-order valence-corrected chi connectivity index (χ4v) is 3.63. The minimum absolute atomic E-state index is 0. The zero-order valence-corrected chi connectivity index (χ0v) is 15.3. The standard InChI is InChI=1S/2C13H9N.Be.2H/c2*1-2-6-12-10(4-1)7-8-11-5-3-9-14-13(11)12;;;/h2*1-9H;;;. The maximum Gasteiger partial charge on any atom is 0.0780 e. The number of aromatic nitrogens is 2. The second kappa shape index (κ2) is 8.18. The summed E-state index contributed by atoms with van der Waals surface area (Å²) in [5.41, 5.74) is 2.18. The number of rotatable bonds is 0. The first-order valence-electron chi connectivity index (χ1n) is 9.35. The molecular weight excluding hydrogens is 349 g/mol. The zero-order valence-electron chi connectivity index (χ0n) is 15.3. The van der Waals surface area contributed by atoms with Gasteiger partial charge in [0.2, 0.25) is 0 Å². The van der Waals surface area contributed by atoms with E-state index < -0.39 is 0 Å². The van der Waals surface area contributed by atoms with E-state index in [1.54, 1.807) is 0 Å². The molecule has 2 nitrogen and oxygen atoms in total. The molecule has 0 radical (unpaired) electrons. The average Bonchev–Trinajstić information content (AvgIpc) is 2.79. The van der Waals surface area contributed by atoms with Crippen LogP contribution in [0.3, 0.4) is 0 Å². The van der Waals surface area contributed by atoms with Crippen molar-refractivity contribution in [2.45, 2.75) is 0 Å². The molecule has 0 saturated carbocycles. The number of benzene rings is 4. The Kier molecular flexibility index (Phi) is 5.28. The van der Waals surface area contributed by atoms with Crippen LogP contribution in [0.4, 0.5) is 0 Å². The molecule has 0 fully saturated rings. The summed E-state index contributed by atoms with van der Waals surface area (Å²) in [5, 5.41) is 7.35. The summed E-state index contributed by atoms with van der Waals surface area (Å²) < 4.78 is 0. The summed E-state index contributed by atoms with van der Waals surface area (Å²) in [5.74, 6) is 0. The molecule has 0 unspecified atom stereocenters. The van der Waals surface area contributed by atoms with Crippen LogP contribution in [-0.2, 0) is 0 Å². The third-order valence-electron chi connectivity index (χ3n) is 4.99. The molecule has 0 aliphatic heterocycles. The Morgan fingerprint density at radius 3 is 1.24 bits per heavy atom. The molecule has 6 rings (SSSR count). The summed E-state index contributed by atoms with van der Waals surface area (Å²) in [6.45, 7) is 0. The second-order valence-corrected chi connectivity index (χ2v) is 6.72. The predicted molar refractivity (Wildman–Crippen MR) is 127 cm³/mol. The van der Waals surface area contributed by atoms with Crippen molar-refractivity contribution in [2.24, 2.45) is 0 Å². The third-order valence-corrected chi connectivity index (χ3v) is 4.99. The smallest absolute Gasteiger partial charge is 0.0780 e. The first-order valence-corrected chi connectivity index (χ1v) is 9.35. The molecule has 2 aromatic heterocycles. The van der Waals surface area contributed by atoms with Gasteiger partial charge in [0.05, 0.1) is 11.0 Å². The van der Waals surface area contributed by atoms with Crippen LogP contribution in [0.2, 0.25) is 0 Å². The summed E-state index contributed by atoms with van der Waals surface area (Å²) in [6.07, 6.45) is 3.68. The maximum absolute atomic E-state index is 4.41. The molecule has 0 bridgehead atoms. The van der Waals surface area contributed by atoms with Gasteiger partial charge >= 0.3 is 10.1 Å². The zero-order chi connectivity index (χ0) is 18.8. The predicted octanol–water partition coefficient (Wildman–Crippen LogP) is 5.86. The largest absolute Gasteiger partial charge is 0.256 e. The van der Waals surface area contributed by atoms with E-state index in [9.17, 15) is 0 Å². The van der Waals surface area contributed by atoms with Gasteiger partial charge in [0.25, 0.3) is 0 Å². The maximum atomic E-state index is 4.41. The van der Waals surface area contributed by atoms with E-state index in [-0.39, 0.29) is 10.1 Å². The molecule has 2 heterocycles. The van der Waals surface area contributed by atoms with E-state index in [0.717, 1.165) is 11.0 Å². The van der Waals surface area contributed by atoms with Crippen LogP contribution < -0.4 is 0 Å². The number of fused-ring (bicyclic) bond motifs is 6. The number of pyridine rings is 2. The summed E-state index contributed by atoms with van der Waals surface area (Å²) in [7, 11) is 0. The van der Waals surface area contributed by atoms with Crippen molar-refractivity contribution in [1.29, 1.82) is 0 Å². The van der Waals surface area contributed by atoms with Crippen molar-refractivity contribution >= 4 is 53.5 Å². The Balaban J connectivity index is 0.000000137. The summed E-state index contributed by atoms with van der Waals surface area (Å²) >= 11 is 0. The Hall–Kier alpha value is -3.61. The number of nitrogens with zero attached hydrogens (tertiary/aromatic N) is 2. The van der Waals surface area contributed by atoms with Gasteiger partial charge in [-0.15, -0.1) is 0 Å². The van der Waals surface area contributed by atoms with Gasteiger partial charge in [0, 0.05) is 33.9 Å². The number of hydrogen-bond acceptors (Lipinski definition) is 2. The molecule has 0 atom stereocenters. The monoisotopic (exact) mass is 369 g/mol. The van der Waals surface area contributed by atoms with Crippen LogP contribution in [0.5, 0.6) is 0 Å². The fraction of sp³-hybridized carbons (Fsp3) is 0. The van der Waals surface area contributed by atoms with Crippen molar-refractivity contribution < 1.29 is 0 Å². The Morgan fingerprint density at radius 1 is 0.379 bits per heavy atom. The average molecular weight is 369 g/mol. The van der Waals surface area contributed by atoms with E-state index in [0.29, 0.717) is 0 Å². The van der Waals surface area contributed by atoms with Crippen LogP contribution in [0, 0.1) is 0 Å². The molecule has 0 spiro atoms. The molecule has 0 saturated heterocycles. The molecule has 136 valence electrons. The van der Waals surface area contributed by atoms with Gasteiger partial charge in [-0.1, -0.05) is 84.9 Å². The van der Waals surface area contributed by atoms with Crippen molar-refractivity contribution in [3.05, 3.63) is 109 Å². The quantitative estimate of drug-likeness (QED) is 0.248. The van der Waals surface area contributed by atoms with E-state index in [4.69, 9.17) is 0 Å². The molecule has 0 N–H and O–H groups in total. The summed E-state index contributed by atoms with van der Waals surface area (Å²) in [6, 6.07) is 33.3. The van der Waals surface area contributed by atoms with Gasteiger partial charge in [0.15, 0.2) is 0 Å². The third kappa shape index (κ3) is 3.59. The summed E-state index contributed by atoms with van der Waals surface area (Å²) in [4.78, 5) is 8.82. The Labute approximate surface area is 173 Å². The van der Waals surface area contributed by atoms with Gasteiger partial charge in [0.1, 0.15) is 0 Å². The second-order valence-electron chi connectivity index (χ2n) is 6.72. The van der Waals surface area contributed by atoms with Crippen LogP contribution in [0.15, 0.2) is 109 Å². The molecular formula is C26H20BeN2. The van der Waals surface area contributed by atoms with Gasteiger partial charge in [-0.2, -0.15) is 0 Å². The first-order chi connectivity index (χ1) is 13.9. The van der Waals surface area contributed by atoms with Gasteiger partial charge in [-0.05, 0) is 22.9 Å². The van der Waals surface area contributed by atoms with Crippen LogP contribution in [0.1, 0.15) is 0 Å². The SMILES string of the molecule is [BeH2].c1ccc2c(c1)ccc1cccnc12.c1ccc2c(c1)ccc1cccnc12. The molecule has 29 heavy (non-hydrogen) atoms. The Bertz CT molecular complexity index is 1210. The van der Waals surface area contributed by atoms with Gasteiger partial charge in [-0.25, -0.2) is 0 Å². The molecule has 4 aromatic carbocycles. The molecule has 3 heteroatoms. The van der Waals surface area contributed by atoms with Crippen molar-refractivity contribution in [3.63, 3.8) is 0 Å². The Morgan fingerprint density at radius 2 is 0.759 bits per heavy atom. The van der Waals surface area contributed by atoms with Gasteiger partial charge in [-0.3, -0.25) is 9.97 Å². The van der Waals surface area contributed by atoms with E-state index in [1.807, 2.05) is 24.5 Å². The molecule has 0 aliphatic rings. The van der Waals surface area contributed by atoms with Crippen molar-refractivity contribution in [3.8, 4) is 0 Å².